The van der Waals surface area contributed by atoms with Gasteiger partial charge < -0.3 is 10.1 Å². The van der Waals surface area contributed by atoms with Crippen LogP contribution < -0.4 is 10.1 Å². The van der Waals surface area contributed by atoms with Crippen molar-refractivity contribution in [2.75, 3.05) is 7.11 Å². The molecule has 0 spiro atoms. The molecule has 1 aromatic heterocycles. The zero-order chi connectivity index (χ0) is 17.1. The van der Waals surface area contributed by atoms with Gasteiger partial charge in [0.15, 0.2) is 0 Å². The maximum atomic E-state index is 12.7. The number of para-hydroxylation sites is 1. The van der Waals surface area contributed by atoms with Gasteiger partial charge in [-0.2, -0.15) is 0 Å². The first-order chi connectivity index (χ1) is 11.4. The van der Waals surface area contributed by atoms with Crippen molar-refractivity contribution >= 4 is 17.2 Å². The summed E-state index contributed by atoms with van der Waals surface area (Å²) in [6.45, 7) is 7.36. The Balaban J connectivity index is 1.53. The lowest BCUT2D eigenvalue weighted by molar-refractivity contribution is 0.0953. The Labute approximate surface area is 147 Å². The highest BCUT2D eigenvalue weighted by Crippen LogP contribution is 2.71. The maximum Gasteiger partial charge on any atom is 0.261 e. The van der Waals surface area contributed by atoms with Crippen LogP contribution in [-0.2, 0) is 13.0 Å². The molecule has 1 fully saturated rings. The molecule has 1 heterocycles. The van der Waals surface area contributed by atoms with Gasteiger partial charge in [-0.3, -0.25) is 4.79 Å². The average Bonchev–Trinajstić information content (AvgIpc) is 2.92. The lowest BCUT2D eigenvalue weighted by atomic mass is 9.95. The van der Waals surface area contributed by atoms with Crippen molar-refractivity contribution in [3.8, 4) is 5.75 Å². The van der Waals surface area contributed by atoms with Crippen LogP contribution in [0.25, 0.3) is 0 Å². The Bertz CT molecular complexity index is 821. The van der Waals surface area contributed by atoms with Crippen LogP contribution in [0.4, 0.5) is 0 Å². The number of nitrogens with one attached hydrogen (secondary N) is 1. The van der Waals surface area contributed by atoms with Crippen LogP contribution >= 0.6 is 11.3 Å². The minimum absolute atomic E-state index is 0.0503. The van der Waals surface area contributed by atoms with E-state index in [0.717, 1.165) is 28.5 Å². The van der Waals surface area contributed by atoms with Gasteiger partial charge in [0, 0.05) is 17.0 Å². The van der Waals surface area contributed by atoms with Crippen LogP contribution in [0.15, 0.2) is 24.3 Å². The normalized spacial score (nSPS) is 22.7. The van der Waals surface area contributed by atoms with Crippen LogP contribution in [0.3, 0.4) is 0 Å². The van der Waals surface area contributed by atoms with Gasteiger partial charge in [0.1, 0.15) is 5.75 Å². The molecule has 0 bridgehead atoms. The summed E-state index contributed by atoms with van der Waals surface area (Å²) in [6.07, 6.45) is 1.06. The summed E-state index contributed by atoms with van der Waals surface area (Å²) in [5.74, 6) is 2.26. The molecule has 3 nitrogen and oxygen atoms in total. The molecule has 1 amide bonds. The summed E-state index contributed by atoms with van der Waals surface area (Å²) >= 11 is 1.66. The summed E-state index contributed by atoms with van der Waals surface area (Å²) < 4.78 is 5.36. The van der Waals surface area contributed by atoms with E-state index in [1.54, 1.807) is 18.4 Å². The second-order valence-corrected chi connectivity index (χ2v) is 8.71. The van der Waals surface area contributed by atoms with Gasteiger partial charge in [0.2, 0.25) is 0 Å². The molecular formula is C20H23NO2S. The number of carbonyl (C=O) groups excluding carboxylic acids is 1. The van der Waals surface area contributed by atoms with Crippen molar-refractivity contribution in [2.24, 2.45) is 11.3 Å². The number of carbonyl (C=O) groups is 1. The first-order valence-corrected chi connectivity index (χ1v) is 9.29. The molecule has 1 aromatic carbocycles. The van der Waals surface area contributed by atoms with E-state index in [1.807, 2.05) is 24.3 Å². The number of methoxy groups -OCH3 is 1. The lowest BCUT2D eigenvalue weighted by Gasteiger charge is -2.11. The smallest absolute Gasteiger partial charge is 0.261 e. The molecule has 126 valence electrons. The zero-order valence-corrected chi connectivity index (χ0v) is 15.4. The largest absolute Gasteiger partial charge is 0.496 e. The number of hydrogen-bond acceptors (Lipinski definition) is 3. The van der Waals surface area contributed by atoms with Crippen molar-refractivity contribution in [1.82, 2.24) is 5.32 Å². The zero-order valence-electron chi connectivity index (χ0n) is 14.6. The van der Waals surface area contributed by atoms with Gasteiger partial charge in [0.25, 0.3) is 5.91 Å². The predicted octanol–water partition coefficient (Wildman–Crippen LogP) is 4.29. The molecule has 1 unspecified atom stereocenters. The van der Waals surface area contributed by atoms with Crippen LogP contribution in [0, 0.1) is 18.3 Å². The number of ether oxygens (including phenoxy) is 1. The van der Waals surface area contributed by atoms with Crippen molar-refractivity contribution < 1.29 is 9.53 Å². The molecule has 2 aromatic rings. The fraction of sp³-hybridized carbons (Fsp3) is 0.450. The van der Waals surface area contributed by atoms with E-state index < -0.39 is 0 Å². The van der Waals surface area contributed by atoms with E-state index in [2.05, 4.69) is 26.1 Å². The molecule has 2 atom stereocenters. The molecule has 2 aliphatic carbocycles. The van der Waals surface area contributed by atoms with E-state index in [4.69, 9.17) is 4.74 Å². The first kappa shape index (κ1) is 15.7. The Kier molecular flexibility index (Phi) is 3.50. The summed E-state index contributed by atoms with van der Waals surface area (Å²) in [5, 5.41) is 3.07. The number of aryl methyl sites for hydroxylation is 1. The molecular weight excluding hydrogens is 318 g/mol. The summed E-state index contributed by atoms with van der Waals surface area (Å²) in [4.78, 5) is 15.0. The first-order valence-electron chi connectivity index (χ1n) is 8.47. The molecule has 4 heteroatoms. The topological polar surface area (TPSA) is 38.3 Å². The van der Waals surface area contributed by atoms with Crippen molar-refractivity contribution in [3.05, 3.63) is 50.7 Å². The lowest BCUT2D eigenvalue weighted by Crippen LogP contribution is -2.23. The number of benzene rings is 1. The Morgan fingerprint density at radius 2 is 2.12 bits per heavy atom. The second-order valence-electron chi connectivity index (χ2n) is 7.48. The van der Waals surface area contributed by atoms with E-state index in [1.165, 1.54) is 16.0 Å². The number of hydrogen-bond donors (Lipinski definition) is 1. The fourth-order valence-corrected chi connectivity index (χ4v) is 5.57. The van der Waals surface area contributed by atoms with E-state index in [-0.39, 0.29) is 5.91 Å². The Morgan fingerprint density at radius 3 is 2.88 bits per heavy atom. The van der Waals surface area contributed by atoms with Gasteiger partial charge in [-0.05, 0) is 47.8 Å². The Hall–Kier alpha value is -1.81. The van der Waals surface area contributed by atoms with Crippen LogP contribution in [0.5, 0.6) is 5.75 Å². The minimum Gasteiger partial charge on any atom is -0.496 e. The van der Waals surface area contributed by atoms with Gasteiger partial charge in [-0.25, -0.2) is 0 Å². The number of amides is 1. The number of rotatable bonds is 4. The molecule has 2 aliphatic rings. The molecule has 0 radical (unpaired) electrons. The highest BCUT2D eigenvalue weighted by Gasteiger charge is 2.63. The monoisotopic (exact) mass is 341 g/mol. The quantitative estimate of drug-likeness (QED) is 0.901. The number of thiophene rings is 1. The summed E-state index contributed by atoms with van der Waals surface area (Å²) in [6, 6.07) is 7.81. The molecule has 1 saturated carbocycles. The van der Waals surface area contributed by atoms with Gasteiger partial charge in [-0.15, -0.1) is 11.3 Å². The van der Waals surface area contributed by atoms with Crippen molar-refractivity contribution in [1.29, 1.82) is 0 Å². The van der Waals surface area contributed by atoms with Crippen molar-refractivity contribution in [3.63, 3.8) is 0 Å². The SMILES string of the molecule is COc1ccccc1CNC(=O)c1sc(C)c2c1CC1[C@H]2C1(C)C. The molecule has 0 saturated heterocycles. The molecule has 4 rings (SSSR count). The third-order valence-electron chi connectivity index (χ3n) is 5.86. The molecule has 0 aliphatic heterocycles. The van der Waals surface area contributed by atoms with E-state index in [9.17, 15) is 4.79 Å². The van der Waals surface area contributed by atoms with Crippen LogP contribution in [0.2, 0.25) is 0 Å². The predicted molar refractivity (Wildman–Crippen MR) is 96.9 cm³/mol. The molecule has 24 heavy (non-hydrogen) atoms. The highest BCUT2D eigenvalue weighted by molar-refractivity contribution is 7.14. The third-order valence-corrected chi connectivity index (χ3v) is 7.02. The maximum absolute atomic E-state index is 12.7. The minimum atomic E-state index is 0.0503. The van der Waals surface area contributed by atoms with Crippen LogP contribution in [-0.4, -0.2) is 13.0 Å². The molecule has 1 N–H and O–H groups in total. The number of fused-ring (bicyclic) bond motifs is 3. The fourth-order valence-electron chi connectivity index (χ4n) is 4.42. The van der Waals surface area contributed by atoms with Gasteiger partial charge in [0.05, 0.1) is 12.0 Å². The highest BCUT2D eigenvalue weighted by atomic mass is 32.1. The van der Waals surface area contributed by atoms with Crippen LogP contribution in [0.1, 0.15) is 51.0 Å². The summed E-state index contributed by atoms with van der Waals surface area (Å²) in [5.41, 5.74) is 4.20. The van der Waals surface area contributed by atoms with E-state index in [0.29, 0.717) is 17.9 Å². The second kappa shape index (κ2) is 5.35. The Morgan fingerprint density at radius 1 is 1.38 bits per heavy atom. The van der Waals surface area contributed by atoms with E-state index >= 15 is 0 Å². The summed E-state index contributed by atoms with van der Waals surface area (Å²) in [7, 11) is 1.66. The third kappa shape index (κ3) is 2.20. The van der Waals surface area contributed by atoms with Crippen molar-refractivity contribution in [2.45, 2.75) is 39.7 Å². The average molecular weight is 341 g/mol. The van der Waals surface area contributed by atoms with Gasteiger partial charge in [-0.1, -0.05) is 32.0 Å². The van der Waals surface area contributed by atoms with Gasteiger partial charge >= 0.3 is 0 Å². The standard InChI is InChI=1S/C20H23NO2S/c1-11-16-13(9-14-17(16)20(14,2)3)18(24-11)19(22)21-10-12-7-5-6-8-15(12)23-4/h5-8,14,17H,9-10H2,1-4H3,(H,21,22)/t14?,17-/m1/s1.